The van der Waals surface area contributed by atoms with E-state index in [4.69, 9.17) is 15.1 Å². The minimum absolute atomic E-state index is 0.0263. The van der Waals surface area contributed by atoms with Gasteiger partial charge < -0.3 is 14.7 Å². The second-order valence-corrected chi connectivity index (χ2v) is 4.71. The maximum atomic E-state index is 11.8. The number of carbonyl (C=O) groups excluding carboxylic acids is 1. The maximum Gasteiger partial charge on any atom is 0.260 e. The van der Waals surface area contributed by atoms with Crippen LogP contribution in [0.2, 0.25) is 0 Å². The van der Waals surface area contributed by atoms with E-state index >= 15 is 0 Å². The molecule has 0 aliphatic heterocycles. The molecule has 0 radical (unpaired) electrons. The van der Waals surface area contributed by atoms with Gasteiger partial charge in [0, 0.05) is 13.1 Å². The topological polar surface area (TPSA) is 73.6 Å². The van der Waals surface area contributed by atoms with E-state index in [1.54, 1.807) is 17.0 Å². The molecule has 1 aromatic rings. The van der Waals surface area contributed by atoms with E-state index in [1.165, 1.54) is 0 Å². The van der Waals surface area contributed by atoms with Crippen LogP contribution in [0.15, 0.2) is 24.3 Å². The molecule has 1 amide bonds. The van der Waals surface area contributed by atoms with Crippen molar-refractivity contribution < 1.29 is 14.6 Å². The number of likely N-dealkylation sites (N-methyl/N-ethyl adjacent to an activating group) is 1. The van der Waals surface area contributed by atoms with Crippen molar-refractivity contribution in [1.82, 2.24) is 4.90 Å². The number of nitriles is 1. The molecule has 0 aliphatic carbocycles. The van der Waals surface area contributed by atoms with E-state index in [-0.39, 0.29) is 25.0 Å². The predicted octanol–water partition coefficient (Wildman–Crippen LogP) is 1.61. The van der Waals surface area contributed by atoms with Crippen molar-refractivity contribution in [2.24, 2.45) is 5.92 Å². The number of carbonyl (C=O) groups is 1. The van der Waals surface area contributed by atoms with Gasteiger partial charge in [-0.15, -0.1) is 0 Å². The molecule has 21 heavy (non-hydrogen) atoms. The molecule has 0 spiro atoms. The Morgan fingerprint density at radius 2 is 1.95 bits per heavy atom. The molecule has 5 heteroatoms. The van der Waals surface area contributed by atoms with Crippen molar-refractivity contribution >= 4 is 5.91 Å². The zero-order valence-electron chi connectivity index (χ0n) is 12.6. The molecular formula is C16H22N2O3. The highest BCUT2D eigenvalue weighted by Gasteiger charge is 2.10. The molecule has 0 heterocycles. The van der Waals surface area contributed by atoms with E-state index in [1.807, 2.05) is 32.0 Å². The Hall–Kier alpha value is -2.06. The lowest BCUT2D eigenvalue weighted by molar-refractivity contribution is -0.132. The largest absolute Gasteiger partial charge is 0.484 e. The highest BCUT2D eigenvalue weighted by Crippen LogP contribution is 2.15. The van der Waals surface area contributed by atoms with Crippen molar-refractivity contribution in [2.75, 3.05) is 26.3 Å². The van der Waals surface area contributed by atoms with Gasteiger partial charge in [0.1, 0.15) is 5.75 Å². The van der Waals surface area contributed by atoms with Crippen LogP contribution in [-0.2, 0) is 11.2 Å². The molecule has 5 nitrogen and oxygen atoms in total. The third-order valence-corrected chi connectivity index (χ3v) is 3.29. The number of amides is 1. The second-order valence-electron chi connectivity index (χ2n) is 4.71. The molecule has 0 fully saturated rings. The normalized spacial score (nSPS) is 11.5. The molecule has 1 rings (SSSR count). The van der Waals surface area contributed by atoms with Gasteiger partial charge in [-0.3, -0.25) is 4.79 Å². The van der Waals surface area contributed by atoms with Crippen molar-refractivity contribution in [3.63, 3.8) is 0 Å². The van der Waals surface area contributed by atoms with E-state index < -0.39 is 0 Å². The molecule has 0 bridgehead atoms. The summed E-state index contributed by atoms with van der Waals surface area (Å²) in [6, 6.07) is 9.29. The van der Waals surface area contributed by atoms with Crippen LogP contribution in [0.5, 0.6) is 5.75 Å². The zero-order valence-corrected chi connectivity index (χ0v) is 12.6. The number of ether oxygens (including phenoxy) is 1. The lowest BCUT2D eigenvalue weighted by Gasteiger charge is -2.18. The minimum atomic E-state index is -0.388. The van der Waals surface area contributed by atoms with Crippen molar-refractivity contribution in [2.45, 2.75) is 20.3 Å². The smallest absolute Gasteiger partial charge is 0.260 e. The van der Waals surface area contributed by atoms with Crippen LogP contribution < -0.4 is 4.74 Å². The predicted molar refractivity (Wildman–Crippen MR) is 79.8 cm³/mol. The molecule has 0 saturated heterocycles. The average molecular weight is 290 g/mol. The van der Waals surface area contributed by atoms with Gasteiger partial charge in [-0.2, -0.15) is 5.26 Å². The van der Waals surface area contributed by atoms with Crippen molar-refractivity contribution in [1.29, 1.82) is 5.26 Å². The maximum absolute atomic E-state index is 11.8. The second kappa shape index (κ2) is 8.98. The molecule has 0 aromatic heterocycles. The Balaban J connectivity index is 2.52. The summed E-state index contributed by atoms with van der Waals surface area (Å²) in [5.41, 5.74) is 0.956. The molecule has 114 valence electrons. The number of rotatable bonds is 8. The summed E-state index contributed by atoms with van der Waals surface area (Å²) >= 11 is 0. The molecule has 1 N–H and O–H groups in total. The number of nitrogens with zero attached hydrogens (tertiary/aromatic N) is 2. The van der Waals surface area contributed by atoms with Crippen LogP contribution in [0.4, 0.5) is 0 Å². The van der Waals surface area contributed by atoms with E-state index in [0.717, 1.165) is 5.56 Å². The quantitative estimate of drug-likeness (QED) is 0.789. The molecule has 0 aliphatic rings. The Bertz CT molecular complexity index is 475. The first kappa shape index (κ1) is 17.0. The first-order valence-electron chi connectivity index (χ1n) is 7.14. The van der Waals surface area contributed by atoms with Gasteiger partial charge in [0.05, 0.1) is 18.6 Å². The van der Waals surface area contributed by atoms with Gasteiger partial charge >= 0.3 is 0 Å². The van der Waals surface area contributed by atoms with Gasteiger partial charge in [-0.25, -0.2) is 0 Å². The molecule has 0 saturated carbocycles. The van der Waals surface area contributed by atoms with Crippen molar-refractivity contribution in [3.8, 4) is 11.8 Å². The Morgan fingerprint density at radius 1 is 1.33 bits per heavy atom. The summed E-state index contributed by atoms with van der Waals surface area (Å²) in [6.45, 7) is 5.10. The summed E-state index contributed by atoms with van der Waals surface area (Å²) in [7, 11) is 0. The summed E-state index contributed by atoms with van der Waals surface area (Å²) in [5, 5.41) is 17.8. The fourth-order valence-electron chi connectivity index (χ4n) is 1.97. The first-order chi connectivity index (χ1) is 10.1. The Morgan fingerprint density at radius 3 is 2.43 bits per heavy atom. The van der Waals surface area contributed by atoms with Gasteiger partial charge in [0.2, 0.25) is 0 Å². The number of hydrogen-bond acceptors (Lipinski definition) is 4. The van der Waals surface area contributed by atoms with Crippen LogP contribution >= 0.6 is 0 Å². The third-order valence-electron chi connectivity index (χ3n) is 3.29. The van der Waals surface area contributed by atoms with Gasteiger partial charge in [0.15, 0.2) is 6.61 Å². The van der Waals surface area contributed by atoms with Crippen molar-refractivity contribution in [3.05, 3.63) is 29.8 Å². The number of benzene rings is 1. The standard InChI is InChI=1S/C16H22N2O3/c1-3-18(4-2)16(20)12-21-15-7-5-13(6-8-15)9-14(10-17)11-19/h5-8,14,19H,3-4,9,11-12H2,1-2H3. The molecular weight excluding hydrogens is 268 g/mol. The Kier molecular flexibility index (Phi) is 7.27. The third kappa shape index (κ3) is 5.44. The van der Waals surface area contributed by atoms with E-state index in [0.29, 0.717) is 25.3 Å². The number of aliphatic hydroxyl groups excluding tert-OH is 1. The summed E-state index contributed by atoms with van der Waals surface area (Å²) in [4.78, 5) is 13.5. The molecule has 1 aromatic carbocycles. The van der Waals surface area contributed by atoms with Crippen LogP contribution in [0.3, 0.4) is 0 Å². The monoisotopic (exact) mass is 290 g/mol. The van der Waals surface area contributed by atoms with Crippen LogP contribution in [0, 0.1) is 17.2 Å². The molecule has 1 unspecified atom stereocenters. The summed E-state index contributed by atoms with van der Waals surface area (Å²) in [6.07, 6.45) is 0.506. The number of hydrogen-bond donors (Lipinski definition) is 1. The van der Waals surface area contributed by atoms with Crippen LogP contribution in [0.1, 0.15) is 19.4 Å². The summed E-state index contributed by atoms with van der Waals surface area (Å²) < 4.78 is 5.46. The Labute approximate surface area is 125 Å². The van der Waals surface area contributed by atoms with Gasteiger partial charge in [-0.1, -0.05) is 12.1 Å². The highest BCUT2D eigenvalue weighted by molar-refractivity contribution is 5.77. The minimum Gasteiger partial charge on any atom is -0.484 e. The highest BCUT2D eigenvalue weighted by atomic mass is 16.5. The first-order valence-corrected chi connectivity index (χ1v) is 7.14. The lowest BCUT2D eigenvalue weighted by atomic mass is 10.0. The zero-order chi connectivity index (χ0) is 15.7. The van der Waals surface area contributed by atoms with Crippen LogP contribution in [0.25, 0.3) is 0 Å². The summed E-state index contributed by atoms with van der Waals surface area (Å²) in [5.74, 6) is 0.201. The van der Waals surface area contributed by atoms with Crippen LogP contribution in [-0.4, -0.2) is 42.2 Å². The van der Waals surface area contributed by atoms with E-state index in [9.17, 15) is 4.79 Å². The van der Waals surface area contributed by atoms with E-state index in [2.05, 4.69) is 0 Å². The fourth-order valence-corrected chi connectivity index (χ4v) is 1.97. The van der Waals surface area contributed by atoms with Gasteiger partial charge in [0.25, 0.3) is 5.91 Å². The fraction of sp³-hybridized carbons (Fsp3) is 0.500. The number of aliphatic hydroxyl groups is 1. The lowest BCUT2D eigenvalue weighted by Crippen LogP contribution is -2.34. The average Bonchev–Trinajstić information content (AvgIpc) is 2.53. The SMILES string of the molecule is CCN(CC)C(=O)COc1ccc(CC(C#N)CO)cc1. The molecule has 1 atom stereocenters. The van der Waals surface area contributed by atoms with Gasteiger partial charge in [-0.05, 0) is 38.0 Å².